The fourth-order valence-electron chi connectivity index (χ4n) is 1.11. The Kier molecular flexibility index (Phi) is 4.38. The van der Waals surface area contributed by atoms with Gasteiger partial charge in [-0.3, -0.25) is 0 Å². The van der Waals surface area contributed by atoms with Crippen molar-refractivity contribution in [3.8, 4) is 0 Å². The zero-order valence-corrected chi connectivity index (χ0v) is 10.0. The molecule has 0 aliphatic heterocycles. The number of aryl methyl sites for hydroxylation is 1. The molecule has 2 N–H and O–H groups in total. The van der Waals surface area contributed by atoms with Gasteiger partial charge in [0.25, 0.3) is 0 Å². The molecule has 0 aliphatic rings. The molecule has 1 rings (SSSR count). The first kappa shape index (κ1) is 12.6. The summed E-state index contributed by atoms with van der Waals surface area (Å²) in [7, 11) is 0. The minimum absolute atomic E-state index is 0.197. The summed E-state index contributed by atoms with van der Waals surface area (Å²) in [5.41, 5.74) is 7.62. The van der Waals surface area contributed by atoms with Crippen molar-refractivity contribution in [2.45, 2.75) is 20.5 Å². The quantitative estimate of drug-likeness (QED) is 0.652. The molecule has 0 unspecified atom stereocenters. The first-order valence-corrected chi connectivity index (χ1v) is 5.22. The number of halogens is 1. The molecule has 0 saturated carbocycles. The number of carbonyl (C=O) groups is 1. The van der Waals surface area contributed by atoms with Crippen molar-refractivity contribution in [2.24, 2.45) is 5.73 Å². The van der Waals surface area contributed by atoms with E-state index in [1.54, 1.807) is 13.0 Å². The minimum atomic E-state index is -0.448. The molecular formula is C12H14ClNO2. The molecule has 0 atom stereocenters. The maximum Gasteiger partial charge on any atom is 0.332 e. The second-order valence-corrected chi connectivity index (χ2v) is 3.99. The SMILES string of the molecule is CC(N)=CC(=O)OCc1ccc(C)c(Cl)c1. The van der Waals surface area contributed by atoms with Crippen LogP contribution < -0.4 is 5.73 Å². The molecule has 86 valence electrons. The number of ether oxygens (including phenoxy) is 1. The topological polar surface area (TPSA) is 52.3 Å². The second kappa shape index (κ2) is 5.56. The molecule has 4 heteroatoms. The minimum Gasteiger partial charge on any atom is -0.458 e. The highest BCUT2D eigenvalue weighted by Crippen LogP contribution is 2.17. The van der Waals surface area contributed by atoms with Crippen molar-refractivity contribution in [1.82, 2.24) is 0 Å². The van der Waals surface area contributed by atoms with Crippen molar-refractivity contribution < 1.29 is 9.53 Å². The third-order valence-corrected chi connectivity index (χ3v) is 2.37. The average molecular weight is 240 g/mol. The van der Waals surface area contributed by atoms with Gasteiger partial charge in [-0.2, -0.15) is 0 Å². The molecule has 0 amide bonds. The lowest BCUT2D eigenvalue weighted by Gasteiger charge is -2.04. The number of hydrogen-bond donors (Lipinski definition) is 1. The van der Waals surface area contributed by atoms with E-state index in [4.69, 9.17) is 22.1 Å². The largest absolute Gasteiger partial charge is 0.458 e. The molecule has 0 heterocycles. The third kappa shape index (κ3) is 3.95. The Bertz CT molecular complexity index is 423. The van der Waals surface area contributed by atoms with Crippen LogP contribution in [-0.2, 0) is 16.1 Å². The van der Waals surface area contributed by atoms with E-state index >= 15 is 0 Å². The highest BCUT2D eigenvalue weighted by Gasteiger charge is 2.01. The van der Waals surface area contributed by atoms with Gasteiger partial charge in [0.2, 0.25) is 0 Å². The molecule has 0 spiro atoms. The van der Waals surface area contributed by atoms with Crippen LogP contribution in [0.1, 0.15) is 18.1 Å². The number of allylic oxidation sites excluding steroid dienone is 1. The third-order valence-electron chi connectivity index (χ3n) is 1.96. The smallest absolute Gasteiger partial charge is 0.332 e. The number of carbonyl (C=O) groups excluding carboxylic acids is 1. The standard InChI is InChI=1S/C12H14ClNO2/c1-8-3-4-10(6-11(8)13)7-16-12(15)5-9(2)14/h3-6H,7,14H2,1-2H3. The zero-order chi connectivity index (χ0) is 12.1. The van der Waals surface area contributed by atoms with Crippen LogP contribution in [-0.4, -0.2) is 5.97 Å². The lowest BCUT2D eigenvalue weighted by molar-refractivity contribution is -0.139. The van der Waals surface area contributed by atoms with Gasteiger partial charge in [0.05, 0.1) is 0 Å². The number of benzene rings is 1. The van der Waals surface area contributed by atoms with E-state index in [2.05, 4.69) is 0 Å². The van der Waals surface area contributed by atoms with Crippen LogP contribution in [0.15, 0.2) is 30.0 Å². The van der Waals surface area contributed by atoms with Crippen molar-refractivity contribution in [2.75, 3.05) is 0 Å². The summed E-state index contributed by atoms with van der Waals surface area (Å²) < 4.78 is 4.98. The lowest BCUT2D eigenvalue weighted by atomic mass is 10.2. The van der Waals surface area contributed by atoms with Crippen LogP contribution in [0, 0.1) is 6.92 Å². The van der Waals surface area contributed by atoms with Gasteiger partial charge in [-0.15, -0.1) is 0 Å². The van der Waals surface area contributed by atoms with Crippen molar-refractivity contribution in [3.05, 3.63) is 46.1 Å². The van der Waals surface area contributed by atoms with Crippen LogP contribution in [0.4, 0.5) is 0 Å². The fraction of sp³-hybridized carbons (Fsp3) is 0.250. The van der Waals surface area contributed by atoms with Gasteiger partial charge in [-0.25, -0.2) is 4.79 Å². The first-order chi connectivity index (χ1) is 7.49. The molecule has 0 fully saturated rings. The summed E-state index contributed by atoms with van der Waals surface area (Å²) in [4.78, 5) is 11.2. The first-order valence-electron chi connectivity index (χ1n) is 4.84. The molecule has 16 heavy (non-hydrogen) atoms. The molecule has 0 aromatic heterocycles. The molecule has 0 bridgehead atoms. The van der Waals surface area contributed by atoms with Gasteiger partial charge in [0.15, 0.2) is 0 Å². The van der Waals surface area contributed by atoms with E-state index in [1.165, 1.54) is 6.08 Å². The van der Waals surface area contributed by atoms with Gasteiger partial charge < -0.3 is 10.5 Å². The van der Waals surface area contributed by atoms with Crippen LogP contribution in [0.25, 0.3) is 0 Å². The van der Waals surface area contributed by atoms with Gasteiger partial charge in [-0.1, -0.05) is 23.7 Å². The predicted octanol–water partition coefficient (Wildman–Crippen LogP) is 2.55. The summed E-state index contributed by atoms with van der Waals surface area (Å²) in [5.74, 6) is -0.448. The van der Waals surface area contributed by atoms with E-state index in [9.17, 15) is 4.79 Å². The van der Waals surface area contributed by atoms with E-state index in [1.807, 2.05) is 19.1 Å². The Morgan fingerprint density at radius 2 is 2.25 bits per heavy atom. The van der Waals surface area contributed by atoms with E-state index in [0.717, 1.165) is 11.1 Å². The molecule has 0 saturated heterocycles. The van der Waals surface area contributed by atoms with Crippen molar-refractivity contribution in [1.29, 1.82) is 0 Å². The highest BCUT2D eigenvalue weighted by atomic mass is 35.5. The number of nitrogens with two attached hydrogens (primary N) is 1. The van der Waals surface area contributed by atoms with Crippen molar-refractivity contribution >= 4 is 17.6 Å². The maximum absolute atomic E-state index is 11.2. The van der Waals surface area contributed by atoms with Crippen LogP contribution >= 0.6 is 11.6 Å². The van der Waals surface area contributed by atoms with Crippen LogP contribution in [0.2, 0.25) is 5.02 Å². The van der Waals surface area contributed by atoms with Gasteiger partial charge in [-0.05, 0) is 31.0 Å². The summed E-state index contributed by atoms with van der Waals surface area (Å²) in [6.07, 6.45) is 1.25. The Hall–Kier alpha value is -1.48. The molecule has 1 aromatic rings. The average Bonchev–Trinajstić information content (AvgIpc) is 2.19. The molecule has 3 nitrogen and oxygen atoms in total. The Morgan fingerprint density at radius 3 is 2.81 bits per heavy atom. The van der Waals surface area contributed by atoms with Crippen LogP contribution in [0.3, 0.4) is 0 Å². The Balaban J connectivity index is 2.58. The number of hydrogen-bond acceptors (Lipinski definition) is 3. The summed E-state index contributed by atoms with van der Waals surface area (Å²) >= 11 is 5.94. The normalized spacial score (nSPS) is 11.3. The molecule has 1 aromatic carbocycles. The Labute approximate surface area is 99.8 Å². The van der Waals surface area contributed by atoms with Gasteiger partial charge in [0, 0.05) is 16.8 Å². The van der Waals surface area contributed by atoms with E-state index in [-0.39, 0.29) is 6.61 Å². The molecule has 0 radical (unpaired) electrons. The number of rotatable bonds is 3. The van der Waals surface area contributed by atoms with Crippen molar-refractivity contribution in [3.63, 3.8) is 0 Å². The highest BCUT2D eigenvalue weighted by molar-refractivity contribution is 6.31. The van der Waals surface area contributed by atoms with E-state index < -0.39 is 5.97 Å². The molecular weight excluding hydrogens is 226 g/mol. The number of esters is 1. The second-order valence-electron chi connectivity index (χ2n) is 3.58. The van der Waals surface area contributed by atoms with E-state index in [0.29, 0.717) is 10.7 Å². The van der Waals surface area contributed by atoms with Gasteiger partial charge in [0.1, 0.15) is 6.61 Å². The summed E-state index contributed by atoms with van der Waals surface area (Å²) in [5, 5.41) is 0.666. The zero-order valence-electron chi connectivity index (χ0n) is 9.29. The maximum atomic E-state index is 11.2. The lowest BCUT2D eigenvalue weighted by Crippen LogP contribution is -2.04. The monoisotopic (exact) mass is 239 g/mol. The summed E-state index contributed by atoms with van der Waals surface area (Å²) in [6.45, 7) is 3.74. The Morgan fingerprint density at radius 1 is 1.56 bits per heavy atom. The predicted molar refractivity (Wildman–Crippen MR) is 63.9 cm³/mol. The fourth-order valence-corrected chi connectivity index (χ4v) is 1.31. The summed E-state index contributed by atoms with van der Waals surface area (Å²) in [6, 6.07) is 5.53. The molecule has 0 aliphatic carbocycles. The van der Waals surface area contributed by atoms with Gasteiger partial charge >= 0.3 is 5.97 Å². The van der Waals surface area contributed by atoms with Crippen LogP contribution in [0.5, 0.6) is 0 Å².